The SMILES string of the molecule is CCCCc1nc2ccc(NC(=O)N3CCCC3)cc2n1Cc1ccc(-c2ccccc2OC(=O)O)cc1.O.O=C(O)C(F)(F)F. The predicted octanol–water partition coefficient (Wildman–Crippen LogP) is 6.59. The van der Waals surface area contributed by atoms with Crippen LogP contribution in [0.3, 0.4) is 0 Å². The van der Waals surface area contributed by atoms with E-state index in [-0.39, 0.29) is 11.5 Å². The minimum Gasteiger partial charge on any atom is -0.475 e. The number of amides is 2. The highest BCUT2D eigenvalue weighted by molar-refractivity contribution is 5.92. The number of nitrogens with one attached hydrogen (secondary N) is 1. The lowest BCUT2D eigenvalue weighted by Crippen LogP contribution is -2.32. The number of fused-ring (bicyclic) bond motifs is 1. The van der Waals surface area contributed by atoms with E-state index >= 15 is 0 Å². The molecular weight excluding hydrogens is 609 g/mol. The minimum atomic E-state index is -5.08. The molecule has 0 aliphatic carbocycles. The summed E-state index contributed by atoms with van der Waals surface area (Å²) in [7, 11) is 0. The molecule has 5 rings (SSSR count). The number of likely N-dealkylation sites (tertiary alicyclic amines) is 1. The molecule has 1 saturated heterocycles. The van der Waals surface area contributed by atoms with Crippen molar-refractivity contribution < 1.29 is 48.0 Å². The van der Waals surface area contributed by atoms with Crippen LogP contribution in [-0.2, 0) is 17.8 Å². The molecule has 4 aromatic rings. The van der Waals surface area contributed by atoms with E-state index in [1.54, 1.807) is 12.1 Å². The van der Waals surface area contributed by atoms with Gasteiger partial charge in [-0.3, -0.25) is 0 Å². The highest BCUT2D eigenvalue weighted by Gasteiger charge is 2.38. The highest BCUT2D eigenvalue weighted by atomic mass is 19.4. The summed E-state index contributed by atoms with van der Waals surface area (Å²) >= 11 is 0. The molecule has 11 nitrogen and oxygen atoms in total. The van der Waals surface area contributed by atoms with E-state index in [1.807, 2.05) is 59.5 Å². The Kier molecular flexibility index (Phi) is 12.1. The molecule has 2 amide bonds. The molecule has 3 aromatic carbocycles. The van der Waals surface area contributed by atoms with Gasteiger partial charge in [-0.15, -0.1) is 0 Å². The van der Waals surface area contributed by atoms with E-state index in [0.717, 1.165) is 84.4 Å². The molecule has 0 bridgehead atoms. The summed E-state index contributed by atoms with van der Waals surface area (Å²) in [4.78, 5) is 39.4. The van der Waals surface area contributed by atoms with Crippen molar-refractivity contribution in [3.8, 4) is 16.9 Å². The van der Waals surface area contributed by atoms with Crippen molar-refractivity contribution in [1.82, 2.24) is 14.5 Å². The predicted molar refractivity (Wildman–Crippen MR) is 165 cm³/mol. The first-order valence-corrected chi connectivity index (χ1v) is 14.4. The van der Waals surface area contributed by atoms with Crippen molar-refractivity contribution in [1.29, 1.82) is 0 Å². The van der Waals surface area contributed by atoms with E-state index in [1.165, 1.54) is 0 Å². The molecule has 14 heteroatoms. The Morgan fingerprint density at radius 3 is 2.24 bits per heavy atom. The van der Waals surface area contributed by atoms with E-state index < -0.39 is 18.3 Å². The molecule has 0 atom stereocenters. The van der Waals surface area contributed by atoms with E-state index in [2.05, 4.69) is 16.8 Å². The molecule has 5 N–H and O–H groups in total. The number of nitrogens with zero attached hydrogens (tertiary/aromatic N) is 3. The number of anilines is 1. The average Bonchev–Trinajstić information content (AvgIpc) is 3.65. The van der Waals surface area contributed by atoms with Gasteiger partial charge in [-0.25, -0.2) is 19.4 Å². The third-order valence-electron chi connectivity index (χ3n) is 7.16. The molecule has 0 unspecified atom stereocenters. The second-order valence-corrected chi connectivity index (χ2v) is 10.4. The number of aryl methyl sites for hydroxylation is 1. The Bertz CT molecular complexity index is 1650. The lowest BCUT2D eigenvalue weighted by molar-refractivity contribution is -0.192. The maximum absolute atomic E-state index is 12.7. The number of carbonyl (C=O) groups is 3. The second kappa shape index (κ2) is 15.8. The molecule has 2 heterocycles. The minimum absolute atomic E-state index is 0. The standard InChI is InChI=1S/C30H32N4O4.C2HF3O2.H2O/c1-2-3-10-28-32-25-16-15-23(31-29(35)33-17-6-7-18-33)19-26(25)34(28)20-21-11-13-22(14-12-21)24-8-4-5-9-27(24)38-30(36)37;3-2(4,5)1(6)7;/h4-5,8-9,11-16,19H,2-3,6-7,10,17-18,20H2,1H3,(H,31,35)(H,36,37);(H,6,7);1H2. The van der Waals surface area contributed by atoms with Crippen LogP contribution in [0.4, 0.5) is 28.4 Å². The van der Waals surface area contributed by atoms with Crippen LogP contribution in [0.5, 0.6) is 5.75 Å². The molecule has 1 aliphatic heterocycles. The number of alkyl halides is 3. The number of urea groups is 1. The smallest absolute Gasteiger partial charge is 0.475 e. The summed E-state index contributed by atoms with van der Waals surface area (Å²) in [6.07, 6.45) is -1.32. The van der Waals surface area contributed by atoms with Gasteiger partial charge in [0, 0.05) is 37.3 Å². The number of carboxylic acids is 1. The molecule has 0 radical (unpaired) electrons. The Balaban J connectivity index is 0.000000648. The maximum Gasteiger partial charge on any atom is 0.511 e. The summed E-state index contributed by atoms with van der Waals surface area (Å²) < 4.78 is 38.9. The van der Waals surface area contributed by atoms with Gasteiger partial charge in [0.05, 0.1) is 11.0 Å². The highest BCUT2D eigenvalue weighted by Crippen LogP contribution is 2.31. The van der Waals surface area contributed by atoms with E-state index in [9.17, 15) is 22.8 Å². The van der Waals surface area contributed by atoms with E-state index in [4.69, 9.17) is 24.7 Å². The van der Waals surface area contributed by atoms with Crippen molar-refractivity contribution in [3.63, 3.8) is 0 Å². The fourth-order valence-electron chi connectivity index (χ4n) is 4.94. The second-order valence-electron chi connectivity index (χ2n) is 10.4. The first-order chi connectivity index (χ1) is 21.5. The zero-order valence-corrected chi connectivity index (χ0v) is 25.0. The van der Waals surface area contributed by atoms with Crippen LogP contribution in [-0.4, -0.2) is 67.6 Å². The van der Waals surface area contributed by atoms with Crippen LogP contribution in [0.15, 0.2) is 66.7 Å². The molecule has 46 heavy (non-hydrogen) atoms. The van der Waals surface area contributed by atoms with Crippen LogP contribution in [0.2, 0.25) is 0 Å². The monoisotopic (exact) mass is 644 g/mol. The first-order valence-electron chi connectivity index (χ1n) is 14.4. The number of aromatic nitrogens is 2. The van der Waals surface area contributed by atoms with E-state index in [0.29, 0.717) is 12.3 Å². The van der Waals surface area contributed by atoms with Crippen LogP contribution in [0.1, 0.15) is 44.0 Å². The van der Waals surface area contributed by atoms with Crippen LogP contribution < -0.4 is 10.1 Å². The van der Waals surface area contributed by atoms with Crippen molar-refractivity contribution in [2.24, 2.45) is 0 Å². The van der Waals surface area contributed by atoms with Gasteiger partial charge in [0.15, 0.2) is 0 Å². The average molecular weight is 645 g/mol. The zero-order valence-electron chi connectivity index (χ0n) is 25.0. The number of ether oxygens (including phenoxy) is 1. The molecular formula is C32H35F3N4O7. The van der Waals surface area contributed by atoms with Gasteiger partial charge in [-0.1, -0.05) is 55.8 Å². The van der Waals surface area contributed by atoms with Gasteiger partial charge in [-0.2, -0.15) is 13.2 Å². The number of unbranched alkanes of at least 4 members (excludes halogenated alkanes) is 1. The first kappa shape index (κ1) is 35.4. The van der Waals surface area contributed by atoms with Gasteiger partial charge in [0.2, 0.25) is 0 Å². The Morgan fingerprint density at radius 1 is 0.978 bits per heavy atom. The number of hydrogen-bond acceptors (Lipinski definition) is 5. The fraction of sp³-hybridized carbons (Fsp3) is 0.312. The third-order valence-corrected chi connectivity index (χ3v) is 7.16. The molecule has 1 aromatic heterocycles. The Morgan fingerprint density at radius 2 is 1.63 bits per heavy atom. The number of benzene rings is 3. The van der Waals surface area contributed by atoms with Crippen molar-refractivity contribution >= 4 is 34.9 Å². The molecule has 246 valence electrons. The third kappa shape index (κ3) is 9.20. The summed E-state index contributed by atoms with van der Waals surface area (Å²) in [6.45, 7) is 4.41. The molecule has 1 aliphatic rings. The van der Waals surface area contributed by atoms with Crippen molar-refractivity contribution in [2.45, 2.75) is 51.7 Å². The fourth-order valence-corrected chi connectivity index (χ4v) is 4.94. The largest absolute Gasteiger partial charge is 0.511 e. The van der Waals surface area contributed by atoms with Crippen molar-refractivity contribution in [2.75, 3.05) is 18.4 Å². The normalized spacial score (nSPS) is 12.6. The number of carboxylic acid groups (broad SMARTS) is 2. The number of rotatable bonds is 8. The number of para-hydroxylation sites is 1. The van der Waals surface area contributed by atoms with Crippen LogP contribution >= 0.6 is 0 Å². The van der Waals surface area contributed by atoms with Crippen molar-refractivity contribution in [3.05, 3.63) is 78.1 Å². The summed E-state index contributed by atoms with van der Waals surface area (Å²) in [5.41, 5.74) is 5.35. The van der Waals surface area contributed by atoms with Gasteiger partial charge in [0.1, 0.15) is 11.6 Å². The van der Waals surface area contributed by atoms with Gasteiger partial charge >= 0.3 is 24.3 Å². The summed E-state index contributed by atoms with van der Waals surface area (Å²) in [5, 5.41) is 19.2. The van der Waals surface area contributed by atoms with Gasteiger partial charge in [0.25, 0.3) is 0 Å². The quantitative estimate of drug-likeness (QED) is 0.144. The number of hydrogen-bond donors (Lipinski definition) is 3. The molecule has 0 spiro atoms. The Hall–Kier alpha value is -5.11. The van der Waals surface area contributed by atoms with Crippen LogP contribution in [0, 0.1) is 0 Å². The zero-order chi connectivity index (χ0) is 32.6. The van der Waals surface area contributed by atoms with Gasteiger partial charge in [-0.05, 0) is 54.7 Å². The lowest BCUT2D eigenvalue weighted by Gasteiger charge is -2.16. The number of aliphatic carboxylic acids is 1. The number of imidazole rings is 1. The molecule has 0 saturated carbocycles. The lowest BCUT2D eigenvalue weighted by atomic mass is 10.0. The maximum atomic E-state index is 12.7. The van der Waals surface area contributed by atoms with Gasteiger partial charge < -0.3 is 35.2 Å². The number of halogens is 3. The van der Waals surface area contributed by atoms with Crippen LogP contribution in [0.25, 0.3) is 22.2 Å². The molecule has 1 fully saturated rings. The number of carbonyl (C=O) groups excluding carboxylic acids is 1. The topological polar surface area (TPSA) is 165 Å². The Labute approximate surface area is 262 Å². The summed E-state index contributed by atoms with van der Waals surface area (Å²) in [6, 6.07) is 21.0. The summed E-state index contributed by atoms with van der Waals surface area (Å²) in [5.74, 6) is -1.43.